The van der Waals surface area contributed by atoms with Crippen LogP contribution in [0.4, 0.5) is 4.39 Å². The Hall–Kier alpha value is -1.92. The van der Waals surface area contributed by atoms with Crippen LogP contribution in [0.15, 0.2) is 46.9 Å². The second kappa shape index (κ2) is 8.80. The standard InChI is InChI=1S/C18H19BrFNO3/c1-21(12-14-10-15(19)6-7-17(14)20)18(22)13-4-3-5-16(11-13)24-9-8-23-2/h3-7,10-11H,8-9,12H2,1-2H3. The van der Waals surface area contributed by atoms with Crippen molar-refractivity contribution in [2.45, 2.75) is 6.54 Å². The Kier molecular flexibility index (Phi) is 6.75. The number of nitrogens with zero attached hydrogens (tertiary/aromatic N) is 1. The van der Waals surface area contributed by atoms with Gasteiger partial charge in [0.15, 0.2) is 0 Å². The normalized spacial score (nSPS) is 10.5. The third-order valence-electron chi connectivity index (χ3n) is 3.40. The largest absolute Gasteiger partial charge is 0.491 e. The summed E-state index contributed by atoms with van der Waals surface area (Å²) in [6, 6.07) is 11.6. The third kappa shape index (κ3) is 5.04. The Morgan fingerprint density at radius 3 is 2.75 bits per heavy atom. The molecule has 0 bridgehead atoms. The van der Waals surface area contributed by atoms with Gasteiger partial charge in [0, 0.05) is 36.3 Å². The molecule has 0 aliphatic carbocycles. The zero-order valence-corrected chi connectivity index (χ0v) is 15.2. The topological polar surface area (TPSA) is 38.8 Å². The molecule has 0 heterocycles. The highest BCUT2D eigenvalue weighted by molar-refractivity contribution is 9.10. The van der Waals surface area contributed by atoms with Gasteiger partial charge in [-0.3, -0.25) is 4.79 Å². The fourth-order valence-corrected chi connectivity index (χ4v) is 2.58. The molecule has 0 saturated heterocycles. The summed E-state index contributed by atoms with van der Waals surface area (Å²) in [5.74, 6) is 0.0565. The summed E-state index contributed by atoms with van der Waals surface area (Å²) >= 11 is 3.31. The van der Waals surface area contributed by atoms with Crippen molar-refractivity contribution in [1.29, 1.82) is 0 Å². The SMILES string of the molecule is COCCOc1cccc(C(=O)N(C)Cc2cc(Br)ccc2F)c1. The Balaban J connectivity index is 2.07. The zero-order valence-electron chi connectivity index (χ0n) is 13.6. The predicted octanol–water partition coefficient (Wildman–Crippen LogP) is 3.89. The van der Waals surface area contributed by atoms with Gasteiger partial charge in [0.05, 0.1) is 6.61 Å². The lowest BCUT2D eigenvalue weighted by atomic mass is 10.1. The molecule has 4 nitrogen and oxygen atoms in total. The minimum absolute atomic E-state index is 0.179. The number of halogens is 2. The Bertz CT molecular complexity index is 708. The minimum atomic E-state index is -0.338. The maximum absolute atomic E-state index is 13.8. The van der Waals surface area contributed by atoms with Gasteiger partial charge in [0.25, 0.3) is 5.91 Å². The summed E-state index contributed by atoms with van der Waals surface area (Å²) in [6.07, 6.45) is 0. The first kappa shape index (κ1) is 18.4. The first-order valence-corrected chi connectivity index (χ1v) is 8.21. The van der Waals surface area contributed by atoms with Crippen LogP contribution in [0.2, 0.25) is 0 Å². The van der Waals surface area contributed by atoms with Crippen LogP contribution in [0, 0.1) is 5.82 Å². The van der Waals surface area contributed by atoms with Crippen molar-refractivity contribution in [2.75, 3.05) is 27.4 Å². The molecule has 0 aliphatic rings. The molecule has 0 spiro atoms. The van der Waals surface area contributed by atoms with Gasteiger partial charge in [0.2, 0.25) is 0 Å². The molecule has 0 aliphatic heterocycles. The molecule has 24 heavy (non-hydrogen) atoms. The van der Waals surface area contributed by atoms with Crippen LogP contribution in [0.25, 0.3) is 0 Å². The fourth-order valence-electron chi connectivity index (χ4n) is 2.17. The summed E-state index contributed by atoms with van der Waals surface area (Å²) in [5.41, 5.74) is 0.940. The second-order valence-corrected chi connectivity index (χ2v) is 6.18. The van der Waals surface area contributed by atoms with Crippen LogP contribution in [0.1, 0.15) is 15.9 Å². The highest BCUT2D eigenvalue weighted by atomic mass is 79.9. The Labute approximate surface area is 149 Å². The number of hydrogen-bond acceptors (Lipinski definition) is 3. The van der Waals surface area contributed by atoms with Crippen LogP contribution in [0.5, 0.6) is 5.75 Å². The van der Waals surface area contributed by atoms with E-state index in [0.29, 0.717) is 30.1 Å². The van der Waals surface area contributed by atoms with Crippen molar-refractivity contribution in [2.24, 2.45) is 0 Å². The van der Waals surface area contributed by atoms with Gasteiger partial charge in [-0.05, 0) is 36.4 Å². The Morgan fingerprint density at radius 2 is 2.00 bits per heavy atom. The van der Waals surface area contributed by atoms with Crippen LogP contribution < -0.4 is 4.74 Å². The van der Waals surface area contributed by atoms with Gasteiger partial charge in [-0.1, -0.05) is 22.0 Å². The second-order valence-electron chi connectivity index (χ2n) is 5.27. The quantitative estimate of drug-likeness (QED) is 0.667. The van der Waals surface area contributed by atoms with E-state index in [0.717, 1.165) is 4.47 Å². The first-order valence-electron chi connectivity index (χ1n) is 7.42. The van der Waals surface area contributed by atoms with Crippen molar-refractivity contribution in [1.82, 2.24) is 4.90 Å². The van der Waals surface area contributed by atoms with Crippen molar-refractivity contribution in [3.8, 4) is 5.75 Å². The monoisotopic (exact) mass is 395 g/mol. The van der Waals surface area contributed by atoms with Gasteiger partial charge >= 0.3 is 0 Å². The van der Waals surface area contributed by atoms with Crippen molar-refractivity contribution < 1.29 is 18.7 Å². The molecule has 0 aromatic heterocycles. The lowest BCUT2D eigenvalue weighted by Crippen LogP contribution is -2.26. The molecule has 0 unspecified atom stereocenters. The molecule has 2 aromatic rings. The molecule has 0 atom stereocenters. The summed E-state index contributed by atoms with van der Waals surface area (Å²) in [6.45, 7) is 1.06. The molecule has 0 radical (unpaired) electrons. The molecule has 0 saturated carbocycles. The minimum Gasteiger partial charge on any atom is -0.491 e. The average molecular weight is 396 g/mol. The van der Waals surface area contributed by atoms with Crippen LogP contribution in [-0.4, -0.2) is 38.2 Å². The van der Waals surface area contributed by atoms with Gasteiger partial charge in [0.1, 0.15) is 18.2 Å². The van der Waals surface area contributed by atoms with Crippen LogP contribution in [0.3, 0.4) is 0 Å². The molecule has 6 heteroatoms. The zero-order chi connectivity index (χ0) is 17.5. The number of rotatable bonds is 7. The van der Waals surface area contributed by atoms with Gasteiger partial charge < -0.3 is 14.4 Å². The number of carbonyl (C=O) groups excluding carboxylic acids is 1. The summed E-state index contributed by atoms with van der Waals surface area (Å²) < 4.78 is 25.0. The fraction of sp³-hybridized carbons (Fsp3) is 0.278. The van der Waals surface area contributed by atoms with E-state index in [4.69, 9.17) is 9.47 Å². The molecule has 0 N–H and O–H groups in total. The van der Waals surface area contributed by atoms with E-state index in [-0.39, 0.29) is 18.3 Å². The van der Waals surface area contributed by atoms with Crippen molar-refractivity contribution >= 4 is 21.8 Å². The van der Waals surface area contributed by atoms with Crippen LogP contribution in [-0.2, 0) is 11.3 Å². The van der Waals surface area contributed by atoms with E-state index in [1.54, 1.807) is 50.6 Å². The third-order valence-corrected chi connectivity index (χ3v) is 3.89. The van der Waals surface area contributed by atoms with E-state index in [9.17, 15) is 9.18 Å². The summed E-state index contributed by atoms with van der Waals surface area (Å²) in [5, 5.41) is 0. The molecular weight excluding hydrogens is 377 g/mol. The number of amides is 1. The number of methoxy groups -OCH3 is 1. The number of ether oxygens (including phenoxy) is 2. The van der Waals surface area contributed by atoms with Gasteiger partial charge in [-0.25, -0.2) is 4.39 Å². The number of benzene rings is 2. The molecule has 2 rings (SSSR count). The first-order chi connectivity index (χ1) is 11.5. The highest BCUT2D eigenvalue weighted by Crippen LogP contribution is 2.19. The molecule has 1 amide bonds. The maximum atomic E-state index is 13.8. The maximum Gasteiger partial charge on any atom is 0.254 e. The molecule has 2 aromatic carbocycles. The van der Waals surface area contributed by atoms with Gasteiger partial charge in [-0.2, -0.15) is 0 Å². The average Bonchev–Trinajstić information content (AvgIpc) is 2.58. The van der Waals surface area contributed by atoms with Crippen molar-refractivity contribution in [3.05, 3.63) is 63.9 Å². The van der Waals surface area contributed by atoms with E-state index < -0.39 is 0 Å². The molecular formula is C18H19BrFNO3. The molecule has 128 valence electrons. The van der Waals surface area contributed by atoms with E-state index in [1.165, 1.54) is 11.0 Å². The lowest BCUT2D eigenvalue weighted by Gasteiger charge is -2.18. The molecule has 0 fully saturated rings. The van der Waals surface area contributed by atoms with Crippen LogP contribution >= 0.6 is 15.9 Å². The summed E-state index contributed by atoms with van der Waals surface area (Å²) in [7, 11) is 3.24. The summed E-state index contributed by atoms with van der Waals surface area (Å²) in [4.78, 5) is 14.0. The predicted molar refractivity (Wildman–Crippen MR) is 93.7 cm³/mol. The van der Waals surface area contributed by atoms with E-state index in [2.05, 4.69) is 15.9 Å². The lowest BCUT2D eigenvalue weighted by molar-refractivity contribution is 0.0783. The Morgan fingerprint density at radius 1 is 1.21 bits per heavy atom. The van der Waals surface area contributed by atoms with Gasteiger partial charge in [-0.15, -0.1) is 0 Å². The highest BCUT2D eigenvalue weighted by Gasteiger charge is 2.15. The number of hydrogen-bond donors (Lipinski definition) is 0. The number of carbonyl (C=O) groups is 1. The smallest absolute Gasteiger partial charge is 0.254 e. The van der Waals surface area contributed by atoms with E-state index >= 15 is 0 Å². The van der Waals surface area contributed by atoms with Crippen molar-refractivity contribution in [3.63, 3.8) is 0 Å². The van der Waals surface area contributed by atoms with E-state index in [1.807, 2.05) is 0 Å².